The third-order valence-corrected chi connectivity index (χ3v) is 7.93. The highest BCUT2D eigenvalue weighted by molar-refractivity contribution is 14.1. The number of alkyl halides is 1. The zero-order valence-electron chi connectivity index (χ0n) is 15.0. The molecule has 0 aromatic rings. The first-order chi connectivity index (χ1) is 10.2. The average Bonchev–Trinajstić information content (AvgIpc) is 2.46. The van der Waals surface area contributed by atoms with Crippen molar-refractivity contribution in [2.45, 2.75) is 95.0 Å². The summed E-state index contributed by atoms with van der Waals surface area (Å²) in [6.45, 7) is 10.8. The molecule has 2 rings (SSSR count). The minimum Gasteiger partial charge on any atom is -0.458 e. The van der Waals surface area contributed by atoms with Crippen molar-refractivity contribution < 1.29 is 9.53 Å². The maximum absolute atomic E-state index is 12.7. The van der Waals surface area contributed by atoms with Gasteiger partial charge in [0.15, 0.2) is 0 Å². The van der Waals surface area contributed by atoms with Crippen LogP contribution in [0, 0.1) is 17.3 Å². The van der Waals surface area contributed by atoms with Crippen molar-refractivity contribution in [3.63, 3.8) is 0 Å². The second kappa shape index (κ2) is 6.60. The third-order valence-electron chi connectivity index (χ3n) is 6.73. The average molecular weight is 420 g/mol. The van der Waals surface area contributed by atoms with Crippen LogP contribution in [0.5, 0.6) is 0 Å². The Balaban J connectivity index is 2.19. The molecular weight excluding hydrogens is 387 g/mol. The first kappa shape index (κ1) is 18.5. The van der Waals surface area contributed by atoms with Gasteiger partial charge in [-0.05, 0) is 57.8 Å². The monoisotopic (exact) mass is 420 g/mol. The molecule has 0 aromatic heterocycles. The fourth-order valence-electron chi connectivity index (χ4n) is 4.64. The second-order valence-electron chi connectivity index (χ2n) is 8.39. The molecule has 0 heterocycles. The van der Waals surface area contributed by atoms with Gasteiger partial charge in [0.25, 0.3) is 0 Å². The Hall–Kier alpha value is 0.200. The van der Waals surface area contributed by atoms with Gasteiger partial charge in [-0.3, -0.25) is 4.79 Å². The summed E-state index contributed by atoms with van der Waals surface area (Å²) in [7, 11) is 0. The predicted molar refractivity (Wildman–Crippen MR) is 100 cm³/mol. The minimum atomic E-state index is -0.408. The van der Waals surface area contributed by atoms with Crippen LogP contribution < -0.4 is 0 Å². The van der Waals surface area contributed by atoms with Crippen molar-refractivity contribution in [1.29, 1.82) is 0 Å². The van der Waals surface area contributed by atoms with Crippen molar-refractivity contribution in [2.24, 2.45) is 17.3 Å². The summed E-state index contributed by atoms with van der Waals surface area (Å²) in [6, 6.07) is 0. The largest absolute Gasteiger partial charge is 0.458 e. The van der Waals surface area contributed by atoms with Crippen molar-refractivity contribution >= 4 is 28.6 Å². The molecule has 128 valence electrons. The third kappa shape index (κ3) is 3.49. The lowest BCUT2D eigenvalue weighted by Gasteiger charge is -2.54. The van der Waals surface area contributed by atoms with E-state index in [0.29, 0.717) is 0 Å². The molecule has 0 N–H and O–H groups in total. The number of carbonyl (C=O) groups is 1. The fraction of sp³-hybridized carbons (Fsp3) is 0.947. The van der Waals surface area contributed by atoms with E-state index in [1.807, 2.05) is 6.92 Å². The highest BCUT2D eigenvalue weighted by atomic mass is 127. The number of carbonyl (C=O) groups excluding carboxylic acids is 1. The van der Waals surface area contributed by atoms with E-state index in [-0.39, 0.29) is 17.0 Å². The summed E-state index contributed by atoms with van der Waals surface area (Å²) in [5.41, 5.74) is -0.203. The van der Waals surface area contributed by atoms with Crippen LogP contribution in [0.1, 0.15) is 86.0 Å². The van der Waals surface area contributed by atoms with Crippen molar-refractivity contribution in [3.8, 4) is 0 Å². The van der Waals surface area contributed by atoms with E-state index in [2.05, 4.69) is 50.3 Å². The molecule has 0 aromatic carbocycles. The van der Waals surface area contributed by atoms with Crippen LogP contribution in [0.25, 0.3) is 0 Å². The van der Waals surface area contributed by atoms with E-state index in [4.69, 9.17) is 4.74 Å². The lowest BCUT2D eigenvalue weighted by molar-refractivity contribution is -0.185. The summed E-state index contributed by atoms with van der Waals surface area (Å²) >= 11 is 2.25. The van der Waals surface area contributed by atoms with Crippen LogP contribution >= 0.6 is 22.6 Å². The summed E-state index contributed by atoms with van der Waals surface area (Å²) < 4.78 is 5.80. The van der Waals surface area contributed by atoms with Crippen LogP contribution in [0.3, 0.4) is 0 Å². The van der Waals surface area contributed by atoms with Crippen molar-refractivity contribution in [3.05, 3.63) is 0 Å². The van der Waals surface area contributed by atoms with E-state index in [1.54, 1.807) is 0 Å². The summed E-state index contributed by atoms with van der Waals surface area (Å²) in [6.07, 6.45) is 9.73. The van der Waals surface area contributed by atoms with Crippen LogP contribution in [0.15, 0.2) is 0 Å². The van der Waals surface area contributed by atoms with Crippen LogP contribution in [-0.2, 0) is 9.53 Å². The van der Waals surface area contributed by atoms with Gasteiger partial charge in [0.2, 0.25) is 0 Å². The van der Waals surface area contributed by atoms with E-state index < -0.39 is 3.42 Å². The molecule has 4 unspecified atom stereocenters. The number of esters is 1. The Bertz CT molecular complexity index is 406. The zero-order chi connectivity index (χ0) is 16.6. The number of fused-ring (bicyclic) bond motifs is 2. The molecule has 22 heavy (non-hydrogen) atoms. The number of ether oxygens (including phenoxy) is 1. The predicted octanol–water partition coefficient (Wildman–Crippen LogP) is 5.91. The molecule has 0 saturated heterocycles. The van der Waals surface area contributed by atoms with Crippen LogP contribution in [0.4, 0.5) is 0 Å². The SMILES string of the molecule is CCC(C)(I)C(=O)OC(C)(CC)C1(C)CC2CCCC(C2)C1. The molecule has 2 fully saturated rings. The minimum absolute atomic E-state index is 0.0306. The molecule has 0 radical (unpaired) electrons. The second-order valence-corrected chi connectivity index (χ2v) is 10.8. The molecule has 2 saturated carbocycles. The summed E-state index contributed by atoms with van der Waals surface area (Å²) in [4.78, 5) is 12.7. The lowest BCUT2D eigenvalue weighted by Crippen LogP contribution is -2.53. The molecule has 2 aliphatic carbocycles. The molecule has 0 amide bonds. The Kier molecular flexibility index (Phi) is 5.56. The van der Waals surface area contributed by atoms with Gasteiger partial charge in [-0.15, -0.1) is 0 Å². The van der Waals surface area contributed by atoms with Gasteiger partial charge in [-0.1, -0.05) is 62.6 Å². The molecule has 4 atom stereocenters. The topological polar surface area (TPSA) is 26.3 Å². The quantitative estimate of drug-likeness (QED) is 0.314. The zero-order valence-corrected chi connectivity index (χ0v) is 17.2. The Morgan fingerprint density at radius 2 is 1.73 bits per heavy atom. The van der Waals surface area contributed by atoms with Gasteiger partial charge >= 0.3 is 5.97 Å². The van der Waals surface area contributed by atoms with Crippen molar-refractivity contribution in [2.75, 3.05) is 0 Å². The maximum atomic E-state index is 12.7. The number of hydrogen-bond acceptors (Lipinski definition) is 2. The van der Waals surface area contributed by atoms with Gasteiger partial charge in [0, 0.05) is 5.41 Å². The molecule has 0 spiro atoms. The van der Waals surface area contributed by atoms with Gasteiger partial charge in [-0.25, -0.2) is 0 Å². The Labute approximate surface area is 150 Å². The Morgan fingerprint density at radius 1 is 1.18 bits per heavy atom. The Morgan fingerprint density at radius 3 is 2.18 bits per heavy atom. The van der Waals surface area contributed by atoms with Gasteiger partial charge in [-0.2, -0.15) is 0 Å². The lowest BCUT2D eigenvalue weighted by atomic mass is 9.55. The van der Waals surface area contributed by atoms with Crippen molar-refractivity contribution in [1.82, 2.24) is 0 Å². The molecule has 2 bridgehead atoms. The first-order valence-corrected chi connectivity index (χ1v) is 10.2. The smallest absolute Gasteiger partial charge is 0.322 e. The molecule has 2 nitrogen and oxygen atoms in total. The van der Waals surface area contributed by atoms with E-state index in [1.165, 1.54) is 38.5 Å². The fourth-order valence-corrected chi connectivity index (χ4v) is 4.75. The molecule has 0 aliphatic heterocycles. The summed E-state index contributed by atoms with van der Waals surface area (Å²) in [5.74, 6) is 1.66. The first-order valence-electron chi connectivity index (χ1n) is 9.08. The standard InChI is InChI=1S/C19H33IO2/c1-6-18(4,20)16(21)22-19(5,7-2)17(3)12-14-9-8-10-15(11-14)13-17/h14-15H,6-13H2,1-5H3. The summed E-state index contributed by atoms with van der Waals surface area (Å²) in [5, 5.41) is 0. The number of halogens is 1. The maximum Gasteiger partial charge on any atom is 0.322 e. The van der Waals surface area contributed by atoms with E-state index in [9.17, 15) is 4.79 Å². The normalized spacial score (nSPS) is 37.0. The highest BCUT2D eigenvalue weighted by Crippen LogP contribution is 2.55. The van der Waals surface area contributed by atoms with E-state index >= 15 is 0 Å². The number of rotatable bonds is 5. The van der Waals surface area contributed by atoms with Gasteiger partial charge in [0.05, 0.1) is 0 Å². The molecular formula is C19H33IO2. The van der Waals surface area contributed by atoms with Gasteiger partial charge in [0.1, 0.15) is 9.02 Å². The van der Waals surface area contributed by atoms with Gasteiger partial charge < -0.3 is 4.74 Å². The van der Waals surface area contributed by atoms with E-state index in [0.717, 1.165) is 24.7 Å². The van der Waals surface area contributed by atoms with Crippen LogP contribution in [0.2, 0.25) is 0 Å². The highest BCUT2D eigenvalue weighted by Gasteiger charge is 2.52. The van der Waals surface area contributed by atoms with Crippen LogP contribution in [-0.4, -0.2) is 15.0 Å². The molecule has 3 heteroatoms. The molecule has 2 aliphatic rings. The number of hydrogen-bond donors (Lipinski definition) is 0.